The summed E-state index contributed by atoms with van der Waals surface area (Å²) in [6.07, 6.45) is 0.463. The lowest BCUT2D eigenvalue weighted by molar-refractivity contribution is -0.153. The van der Waals surface area contributed by atoms with Gasteiger partial charge in [0.1, 0.15) is 11.6 Å². The maximum atomic E-state index is 11.9. The van der Waals surface area contributed by atoms with Crippen molar-refractivity contribution in [2.75, 3.05) is 6.61 Å². The van der Waals surface area contributed by atoms with Crippen LogP contribution in [0.1, 0.15) is 46.5 Å². The average molecular weight is 253 g/mol. The van der Waals surface area contributed by atoms with Crippen LogP contribution in [0.15, 0.2) is 0 Å². The SMILES string of the molecule is CCOC(=O)C(C#N)(CCC(C)=O)CCC(C)=O. The molecule has 0 saturated carbocycles. The van der Waals surface area contributed by atoms with Crippen LogP contribution >= 0.6 is 0 Å². The first kappa shape index (κ1) is 16.3. The predicted octanol–water partition coefficient (Wildman–Crippen LogP) is 1.80. The van der Waals surface area contributed by atoms with Crippen molar-refractivity contribution in [3.8, 4) is 6.07 Å². The molecule has 0 aromatic heterocycles. The van der Waals surface area contributed by atoms with Crippen LogP contribution in [-0.4, -0.2) is 24.1 Å². The summed E-state index contributed by atoms with van der Waals surface area (Å²) in [4.78, 5) is 33.8. The highest BCUT2D eigenvalue weighted by molar-refractivity contribution is 5.83. The molecular weight excluding hydrogens is 234 g/mol. The molecule has 18 heavy (non-hydrogen) atoms. The van der Waals surface area contributed by atoms with Gasteiger partial charge in [-0.05, 0) is 33.6 Å². The van der Waals surface area contributed by atoms with Crippen LogP contribution < -0.4 is 0 Å². The van der Waals surface area contributed by atoms with E-state index in [1.807, 2.05) is 6.07 Å². The number of carbonyl (C=O) groups excluding carboxylic acids is 3. The third-order valence-electron chi connectivity index (χ3n) is 2.69. The highest BCUT2D eigenvalue weighted by Gasteiger charge is 2.40. The number of Topliss-reactive ketones (excluding diaryl/α,β-unsaturated/α-hetero) is 2. The van der Waals surface area contributed by atoms with Gasteiger partial charge < -0.3 is 14.3 Å². The number of nitrogens with zero attached hydrogens (tertiary/aromatic N) is 1. The molecule has 0 aliphatic rings. The maximum absolute atomic E-state index is 11.9. The maximum Gasteiger partial charge on any atom is 0.326 e. The smallest absolute Gasteiger partial charge is 0.326 e. The average Bonchev–Trinajstić information content (AvgIpc) is 2.29. The van der Waals surface area contributed by atoms with E-state index < -0.39 is 11.4 Å². The number of esters is 1. The van der Waals surface area contributed by atoms with Gasteiger partial charge in [-0.3, -0.25) is 4.79 Å². The molecule has 0 aliphatic heterocycles. The van der Waals surface area contributed by atoms with Crippen LogP contribution in [0.3, 0.4) is 0 Å². The van der Waals surface area contributed by atoms with Crippen LogP contribution in [0.2, 0.25) is 0 Å². The van der Waals surface area contributed by atoms with Gasteiger partial charge in [-0.2, -0.15) is 5.26 Å². The molecule has 0 N–H and O–H groups in total. The van der Waals surface area contributed by atoms with Crippen LogP contribution in [0, 0.1) is 16.7 Å². The van der Waals surface area contributed by atoms with Gasteiger partial charge in [-0.25, -0.2) is 0 Å². The highest BCUT2D eigenvalue weighted by atomic mass is 16.5. The molecule has 100 valence electrons. The van der Waals surface area contributed by atoms with Crippen molar-refractivity contribution >= 4 is 17.5 Å². The lowest BCUT2D eigenvalue weighted by Crippen LogP contribution is -2.33. The Balaban J connectivity index is 4.94. The van der Waals surface area contributed by atoms with E-state index in [-0.39, 0.29) is 43.9 Å². The van der Waals surface area contributed by atoms with Gasteiger partial charge in [0.05, 0.1) is 12.7 Å². The number of ether oxygens (including phenoxy) is 1. The quantitative estimate of drug-likeness (QED) is 0.616. The molecule has 0 aromatic carbocycles. The lowest BCUT2D eigenvalue weighted by Gasteiger charge is -2.23. The van der Waals surface area contributed by atoms with E-state index >= 15 is 0 Å². The van der Waals surface area contributed by atoms with Crippen molar-refractivity contribution in [1.29, 1.82) is 5.26 Å². The summed E-state index contributed by atoms with van der Waals surface area (Å²) in [7, 11) is 0. The van der Waals surface area contributed by atoms with Crippen LogP contribution in [-0.2, 0) is 19.1 Å². The summed E-state index contributed by atoms with van der Waals surface area (Å²) < 4.78 is 4.88. The number of rotatable bonds is 8. The van der Waals surface area contributed by atoms with Gasteiger partial charge in [-0.1, -0.05) is 0 Å². The zero-order valence-corrected chi connectivity index (χ0v) is 11.1. The Morgan fingerprint density at radius 3 is 1.83 bits per heavy atom. The van der Waals surface area contributed by atoms with Crippen molar-refractivity contribution in [3.63, 3.8) is 0 Å². The molecule has 0 saturated heterocycles. The topological polar surface area (TPSA) is 84.2 Å². The minimum absolute atomic E-state index is 0.0956. The number of nitriles is 1. The van der Waals surface area contributed by atoms with Crippen molar-refractivity contribution in [2.24, 2.45) is 5.41 Å². The highest BCUT2D eigenvalue weighted by Crippen LogP contribution is 2.31. The molecular formula is C13H19NO4. The van der Waals surface area contributed by atoms with Crippen LogP contribution in [0.25, 0.3) is 0 Å². The minimum Gasteiger partial charge on any atom is -0.465 e. The minimum atomic E-state index is -1.38. The Hall–Kier alpha value is -1.70. The third kappa shape index (κ3) is 5.09. The van der Waals surface area contributed by atoms with E-state index in [1.165, 1.54) is 13.8 Å². The first-order valence-electron chi connectivity index (χ1n) is 5.95. The third-order valence-corrected chi connectivity index (χ3v) is 2.69. The molecule has 0 atom stereocenters. The Kier molecular flexibility index (Phi) is 6.88. The monoisotopic (exact) mass is 253 g/mol. The van der Waals surface area contributed by atoms with E-state index in [0.29, 0.717) is 0 Å². The van der Waals surface area contributed by atoms with Crippen molar-refractivity contribution in [1.82, 2.24) is 0 Å². The molecule has 0 unspecified atom stereocenters. The Morgan fingerprint density at radius 1 is 1.11 bits per heavy atom. The number of hydrogen-bond acceptors (Lipinski definition) is 5. The first-order valence-corrected chi connectivity index (χ1v) is 5.95. The number of hydrogen-bond donors (Lipinski definition) is 0. The van der Waals surface area contributed by atoms with Crippen molar-refractivity contribution in [2.45, 2.75) is 46.5 Å². The normalized spacial score (nSPS) is 10.6. The fourth-order valence-electron chi connectivity index (χ4n) is 1.53. The van der Waals surface area contributed by atoms with Gasteiger partial charge in [0, 0.05) is 12.8 Å². The molecule has 0 aromatic rings. The molecule has 0 aliphatic carbocycles. The molecule has 5 nitrogen and oxygen atoms in total. The van der Waals surface area contributed by atoms with Gasteiger partial charge in [-0.15, -0.1) is 0 Å². The molecule has 0 heterocycles. The number of ketones is 2. The second kappa shape index (κ2) is 7.59. The summed E-state index contributed by atoms with van der Waals surface area (Å²) in [5.74, 6) is -0.835. The first-order chi connectivity index (χ1) is 8.38. The van der Waals surface area contributed by atoms with Crippen molar-refractivity contribution < 1.29 is 19.1 Å². The fraction of sp³-hybridized carbons (Fsp3) is 0.692. The Labute approximate surface area is 107 Å². The molecule has 0 radical (unpaired) electrons. The standard InChI is InChI=1S/C13H19NO4/c1-4-18-12(17)13(9-14,7-5-10(2)15)8-6-11(3)16/h4-8H2,1-3H3. The van der Waals surface area contributed by atoms with Crippen molar-refractivity contribution in [3.05, 3.63) is 0 Å². The van der Waals surface area contributed by atoms with E-state index in [1.54, 1.807) is 6.92 Å². The largest absolute Gasteiger partial charge is 0.465 e. The zero-order valence-electron chi connectivity index (χ0n) is 11.1. The van der Waals surface area contributed by atoms with E-state index in [4.69, 9.17) is 4.74 Å². The molecule has 0 spiro atoms. The van der Waals surface area contributed by atoms with E-state index in [9.17, 15) is 19.6 Å². The molecule has 5 heteroatoms. The molecule has 0 rings (SSSR count). The summed E-state index contributed by atoms with van der Waals surface area (Å²) in [5.41, 5.74) is -1.38. The Bertz CT molecular complexity index is 350. The van der Waals surface area contributed by atoms with Gasteiger partial charge in [0.25, 0.3) is 0 Å². The van der Waals surface area contributed by atoms with Gasteiger partial charge >= 0.3 is 5.97 Å². The zero-order chi connectivity index (χ0) is 14.2. The van der Waals surface area contributed by atoms with E-state index in [2.05, 4.69) is 0 Å². The second-order valence-electron chi connectivity index (χ2n) is 4.32. The number of carbonyl (C=O) groups is 3. The summed E-state index contributed by atoms with van der Waals surface area (Å²) >= 11 is 0. The molecule has 0 bridgehead atoms. The second-order valence-corrected chi connectivity index (χ2v) is 4.32. The molecule has 0 amide bonds. The summed E-state index contributed by atoms with van der Waals surface area (Å²) in [5, 5.41) is 9.23. The summed E-state index contributed by atoms with van der Waals surface area (Å²) in [6.45, 7) is 4.62. The van der Waals surface area contributed by atoms with E-state index in [0.717, 1.165) is 0 Å². The molecule has 0 fully saturated rings. The predicted molar refractivity (Wildman–Crippen MR) is 64.5 cm³/mol. The lowest BCUT2D eigenvalue weighted by atomic mass is 9.79. The summed E-state index contributed by atoms with van der Waals surface area (Å²) in [6, 6.07) is 1.93. The van der Waals surface area contributed by atoms with Crippen LogP contribution in [0.5, 0.6) is 0 Å². The fourth-order valence-corrected chi connectivity index (χ4v) is 1.53. The van der Waals surface area contributed by atoms with Gasteiger partial charge in [0.15, 0.2) is 5.41 Å². The Morgan fingerprint density at radius 2 is 1.56 bits per heavy atom. The van der Waals surface area contributed by atoms with Crippen LogP contribution in [0.4, 0.5) is 0 Å². The van der Waals surface area contributed by atoms with Gasteiger partial charge in [0.2, 0.25) is 0 Å².